The van der Waals surface area contributed by atoms with E-state index in [2.05, 4.69) is 26.1 Å². The Morgan fingerprint density at radius 2 is 1.70 bits per heavy atom. The molecule has 2 atom stereocenters. The van der Waals surface area contributed by atoms with Gasteiger partial charge < -0.3 is 0 Å². The number of hydrogen-bond donors (Lipinski definition) is 1. The quantitative estimate of drug-likeness (QED) is 0.599. The molecule has 0 aliphatic carbocycles. The molecule has 1 radical (unpaired) electrons. The third-order valence-corrected chi connectivity index (χ3v) is 1.34. The minimum absolute atomic E-state index is 0.354. The summed E-state index contributed by atoms with van der Waals surface area (Å²) in [4.78, 5) is 0. The van der Waals surface area contributed by atoms with Crippen LogP contribution in [0.5, 0.6) is 0 Å². The van der Waals surface area contributed by atoms with Crippen LogP contribution in [0.25, 0.3) is 0 Å². The molecule has 0 aromatic carbocycles. The van der Waals surface area contributed by atoms with Gasteiger partial charge in [0, 0.05) is 6.04 Å². The topological polar surface area (TPSA) is 31.9 Å². The maximum atomic E-state index is 10.6. The zero-order valence-corrected chi connectivity index (χ0v) is 7.35. The van der Waals surface area contributed by atoms with Gasteiger partial charge in [0.25, 0.3) is 0 Å². The normalized spacial score (nSPS) is 17.4. The van der Waals surface area contributed by atoms with Crippen molar-refractivity contribution < 1.29 is 5.11 Å². The van der Waals surface area contributed by atoms with Gasteiger partial charge in [0.2, 0.25) is 0 Å². The predicted octanol–water partition coefficient (Wildman–Crippen LogP) is 1.79. The molecule has 0 aliphatic rings. The van der Waals surface area contributed by atoms with Crippen LogP contribution in [-0.2, 0) is 5.11 Å². The fourth-order valence-electron chi connectivity index (χ4n) is 1.18. The lowest BCUT2D eigenvalue weighted by Gasteiger charge is -2.16. The van der Waals surface area contributed by atoms with Crippen molar-refractivity contribution in [3.63, 3.8) is 0 Å². The van der Waals surface area contributed by atoms with Crippen molar-refractivity contribution in [2.24, 2.45) is 5.92 Å². The van der Waals surface area contributed by atoms with Gasteiger partial charge in [0.1, 0.15) is 6.23 Å². The van der Waals surface area contributed by atoms with Crippen molar-refractivity contribution in [1.82, 2.24) is 5.32 Å². The van der Waals surface area contributed by atoms with Crippen LogP contribution in [-0.4, -0.2) is 12.3 Å². The standard InChI is InChI=1S/C8H18NO/c1-6(2)5-7(3)9-8(4)10/h6-9H,5H2,1-4H3. The van der Waals surface area contributed by atoms with Gasteiger partial charge in [-0.2, -0.15) is 0 Å². The van der Waals surface area contributed by atoms with E-state index >= 15 is 0 Å². The van der Waals surface area contributed by atoms with E-state index in [0.29, 0.717) is 12.0 Å². The van der Waals surface area contributed by atoms with Crippen LogP contribution >= 0.6 is 0 Å². The van der Waals surface area contributed by atoms with Crippen molar-refractivity contribution >= 4 is 0 Å². The molecule has 0 fully saturated rings. The number of nitrogens with one attached hydrogen (secondary N) is 1. The van der Waals surface area contributed by atoms with Gasteiger partial charge in [-0.25, -0.2) is 5.11 Å². The summed E-state index contributed by atoms with van der Waals surface area (Å²) >= 11 is 0. The molecule has 61 valence electrons. The second kappa shape index (κ2) is 4.69. The summed E-state index contributed by atoms with van der Waals surface area (Å²) in [6, 6.07) is 0.354. The SMILES string of the molecule is CC(C)CC(C)NC(C)[O]. The Bertz CT molecular complexity index is 71.3. The van der Waals surface area contributed by atoms with E-state index in [1.165, 1.54) is 0 Å². The Kier molecular flexibility index (Phi) is 4.65. The molecule has 2 heteroatoms. The summed E-state index contributed by atoms with van der Waals surface area (Å²) < 4.78 is 0. The van der Waals surface area contributed by atoms with Crippen LogP contribution in [0.1, 0.15) is 34.1 Å². The van der Waals surface area contributed by atoms with Crippen LogP contribution < -0.4 is 5.32 Å². The third kappa shape index (κ3) is 6.05. The van der Waals surface area contributed by atoms with E-state index in [9.17, 15) is 5.11 Å². The smallest absolute Gasteiger partial charge is 0.141 e. The van der Waals surface area contributed by atoms with Crippen LogP contribution in [0.15, 0.2) is 0 Å². The molecule has 2 unspecified atom stereocenters. The fraction of sp³-hybridized carbons (Fsp3) is 1.00. The van der Waals surface area contributed by atoms with Crippen molar-refractivity contribution in [2.75, 3.05) is 0 Å². The van der Waals surface area contributed by atoms with Crippen molar-refractivity contribution in [3.05, 3.63) is 0 Å². The minimum atomic E-state index is -0.631. The minimum Gasteiger partial charge on any atom is -0.287 e. The number of rotatable bonds is 4. The van der Waals surface area contributed by atoms with Gasteiger partial charge in [0.05, 0.1) is 0 Å². The molecule has 0 spiro atoms. The van der Waals surface area contributed by atoms with E-state index in [4.69, 9.17) is 0 Å². The first-order valence-electron chi connectivity index (χ1n) is 3.94. The summed E-state index contributed by atoms with van der Waals surface area (Å²) in [7, 11) is 0. The summed E-state index contributed by atoms with van der Waals surface area (Å²) in [5.41, 5.74) is 0. The molecular formula is C8H18NO. The van der Waals surface area contributed by atoms with Gasteiger partial charge in [-0.3, -0.25) is 5.32 Å². The summed E-state index contributed by atoms with van der Waals surface area (Å²) in [5, 5.41) is 13.5. The third-order valence-electron chi connectivity index (χ3n) is 1.34. The Morgan fingerprint density at radius 3 is 2.00 bits per heavy atom. The monoisotopic (exact) mass is 144 g/mol. The Labute approximate surface area is 63.6 Å². The van der Waals surface area contributed by atoms with E-state index < -0.39 is 6.23 Å². The first kappa shape index (κ1) is 9.92. The van der Waals surface area contributed by atoms with E-state index in [1.54, 1.807) is 6.92 Å². The highest BCUT2D eigenvalue weighted by Gasteiger charge is 2.06. The first-order chi connectivity index (χ1) is 4.52. The lowest BCUT2D eigenvalue weighted by atomic mass is 10.1. The molecule has 0 saturated heterocycles. The summed E-state index contributed by atoms with van der Waals surface area (Å²) in [6.07, 6.45) is 0.445. The molecule has 0 heterocycles. The van der Waals surface area contributed by atoms with Gasteiger partial charge in [0.15, 0.2) is 0 Å². The highest BCUT2D eigenvalue weighted by molar-refractivity contribution is 4.62. The van der Waals surface area contributed by atoms with E-state index in [1.807, 2.05) is 0 Å². The zero-order chi connectivity index (χ0) is 8.15. The number of hydrogen-bond acceptors (Lipinski definition) is 1. The van der Waals surface area contributed by atoms with Crippen molar-refractivity contribution in [3.8, 4) is 0 Å². The van der Waals surface area contributed by atoms with Crippen molar-refractivity contribution in [2.45, 2.75) is 46.4 Å². The highest BCUT2D eigenvalue weighted by Crippen LogP contribution is 2.03. The van der Waals surface area contributed by atoms with Crippen LogP contribution in [0.3, 0.4) is 0 Å². The van der Waals surface area contributed by atoms with Crippen LogP contribution in [0, 0.1) is 5.92 Å². The maximum Gasteiger partial charge on any atom is 0.141 e. The molecule has 10 heavy (non-hydrogen) atoms. The van der Waals surface area contributed by atoms with Crippen LogP contribution in [0.4, 0.5) is 0 Å². The lowest BCUT2D eigenvalue weighted by Crippen LogP contribution is -2.34. The largest absolute Gasteiger partial charge is 0.287 e. The second-order valence-corrected chi connectivity index (χ2v) is 3.34. The van der Waals surface area contributed by atoms with Gasteiger partial charge in [-0.1, -0.05) is 13.8 Å². The summed E-state index contributed by atoms with van der Waals surface area (Å²) in [6.45, 7) is 8.01. The highest BCUT2D eigenvalue weighted by atomic mass is 16.3. The molecule has 2 nitrogen and oxygen atoms in total. The molecule has 0 aliphatic heterocycles. The molecule has 1 N–H and O–H groups in total. The molecule has 0 aromatic heterocycles. The van der Waals surface area contributed by atoms with E-state index in [0.717, 1.165) is 6.42 Å². The molecule has 0 rings (SSSR count). The molecule has 0 amide bonds. The lowest BCUT2D eigenvalue weighted by molar-refractivity contribution is 0.0634. The Morgan fingerprint density at radius 1 is 1.20 bits per heavy atom. The average Bonchev–Trinajstić information content (AvgIpc) is 1.58. The van der Waals surface area contributed by atoms with E-state index in [-0.39, 0.29) is 0 Å². The molecule has 0 bridgehead atoms. The Balaban J connectivity index is 3.34. The van der Waals surface area contributed by atoms with Gasteiger partial charge in [-0.15, -0.1) is 0 Å². The first-order valence-corrected chi connectivity index (χ1v) is 3.94. The maximum absolute atomic E-state index is 10.6. The molecule has 0 aromatic rings. The fourth-order valence-corrected chi connectivity index (χ4v) is 1.18. The molecular weight excluding hydrogens is 126 g/mol. The van der Waals surface area contributed by atoms with Crippen LogP contribution in [0.2, 0.25) is 0 Å². The van der Waals surface area contributed by atoms with Crippen molar-refractivity contribution in [1.29, 1.82) is 0 Å². The average molecular weight is 144 g/mol. The zero-order valence-electron chi connectivity index (χ0n) is 7.35. The molecule has 0 saturated carbocycles. The van der Waals surface area contributed by atoms with Gasteiger partial charge in [-0.05, 0) is 26.2 Å². The predicted molar refractivity (Wildman–Crippen MR) is 42.2 cm³/mol. The second-order valence-electron chi connectivity index (χ2n) is 3.34. The van der Waals surface area contributed by atoms with Gasteiger partial charge >= 0.3 is 0 Å². The summed E-state index contributed by atoms with van der Waals surface area (Å²) in [5.74, 6) is 0.668. The Hall–Kier alpha value is -0.0800.